The monoisotopic (exact) mass is 220 g/mol. The lowest BCUT2D eigenvalue weighted by Crippen LogP contribution is -2.36. The molecule has 2 atom stereocenters. The summed E-state index contributed by atoms with van der Waals surface area (Å²) in [6.07, 6.45) is 5.18. The van der Waals surface area contributed by atoms with Crippen molar-refractivity contribution in [1.29, 1.82) is 0 Å². The first-order valence-electron chi connectivity index (χ1n) is 5.60. The van der Waals surface area contributed by atoms with Gasteiger partial charge in [0.05, 0.1) is 23.9 Å². The molecule has 1 aliphatic heterocycles. The highest BCUT2D eigenvalue weighted by molar-refractivity contribution is 5.92. The molecule has 1 N–H and O–H groups in total. The van der Waals surface area contributed by atoms with Gasteiger partial charge in [-0.15, -0.1) is 0 Å². The average molecular weight is 220 g/mol. The number of ether oxygens (including phenoxy) is 1. The minimum Gasteiger partial charge on any atom is -0.378 e. The van der Waals surface area contributed by atoms with E-state index >= 15 is 0 Å². The van der Waals surface area contributed by atoms with Crippen LogP contribution in [0.15, 0.2) is 24.5 Å². The standard InChI is InChI=1S/C12H16N2O2/c1-9-11(5-3-7-16-9)12(15)14-10-4-2-6-13-8-10/h2,4,6,8-9,11H,3,5,7H2,1H3,(H,14,15)/t9-,11-/m0/s1. The molecule has 2 rings (SSSR count). The largest absolute Gasteiger partial charge is 0.378 e. The number of amides is 1. The molecule has 0 aromatic carbocycles. The maximum absolute atomic E-state index is 12.0. The lowest BCUT2D eigenvalue weighted by atomic mass is 9.94. The fourth-order valence-electron chi connectivity index (χ4n) is 1.94. The zero-order valence-corrected chi connectivity index (χ0v) is 9.35. The number of nitrogens with zero attached hydrogens (tertiary/aromatic N) is 1. The van der Waals surface area contributed by atoms with Gasteiger partial charge in [0.1, 0.15) is 0 Å². The Morgan fingerprint density at radius 3 is 3.19 bits per heavy atom. The minimum atomic E-state index is -0.0473. The number of carbonyl (C=O) groups excluding carboxylic acids is 1. The Labute approximate surface area is 95.0 Å². The summed E-state index contributed by atoms with van der Waals surface area (Å²) >= 11 is 0. The summed E-state index contributed by atoms with van der Waals surface area (Å²) in [6.45, 7) is 2.71. The van der Waals surface area contributed by atoms with Crippen LogP contribution in [-0.4, -0.2) is 23.6 Å². The van der Waals surface area contributed by atoms with Crippen molar-refractivity contribution in [2.24, 2.45) is 5.92 Å². The van der Waals surface area contributed by atoms with E-state index in [0.29, 0.717) is 0 Å². The smallest absolute Gasteiger partial charge is 0.230 e. The van der Waals surface area contributed by atoms with E-state index in [9.17, 15) is 4.79 Å². The first-order chi connectivity index (χ1) is 7.77. The molecule has 2 heterocycles. The maximum Gasteiger partial charge on any atom is 0.230 e. The number of carbonyl (C=O) groups is 1. The summed E-state index contributed by atoms with van der Waals surface area (Å²) < 4.78 is 5.47. The number of aromatic nitrogens is 1. The molecule has 0 unspecified atom stereocenters. The number of pyridine rings is 1. The number of hydrogen-bond donors (Lipinski definition) is 1. The molecule has 1 aliphatic rings. The third kappa shape index (κ3) is 2.58. The van der Waals surface area contributed by atoms with Crippen LogP contribution in [0, 0.1) is 5.92 Å². The molecule has 16 heavy (non-hydrogen) atoms. The number of rotatable bonds is 2. The molecule has 4 nitrogen and oxygen atoms in total. The van der Waals surface area contributed by atoms with Crippen molar-refractivity contribution in [3.05, 3.63) is 24.5 Å². The second kappa shape index (κ2) is 5.07. The summed E-state index contributed by atoms with van der Waals surface area (Å²) in [5, 5.41) is 2.86. The van der Waals surface area contributed by atoms with E-state index in [2.05, 4.69) is 10.3 Å². The zero-order valence-electron chi connectivity index (χ0n) is 9.35. The molecule has 86 valence electrons. The second-order valence-electron chi connectivity index (χ2n) is 4.06. The van der Waals surface area contributed by atoms with Gasteiger partial charge in [0, 0.05) is 12.8 Å². The summed E-state index contributed by atoms with van der Waals surface area (Å²) in [4.78, 5) is 15.9. The third-order valence-electron chi connectivity index (χ3n) is 2.87. The first kappa shape index (κ1) is 11.1. The van der Waals surface area contributed by atoms with E-state index in [1.807, 2.05) is 13.0 Å². The molecular formula is C12H16N2O2. The molecule has 0 saturated carbocycles. The highest BCUT2D eigenvalue weighted by Gasteiger charge is 2.28. The quantitative estimate of drug-likeness (QED) is 0.827. The topological polar surface area (TPSA) is 51.2 Å². The lowest BCUT2D eigenvalue weighted by Gasteiger charge is -2.27. The van der Waals surface area contributed by atoms with Crippen LogP contribution in [0.1, 0.15) is 19.8 Å². The molecule has 1 saturated heterocycles. The Hall–Kier alpha value is -1.42. The van der Waals surface area contributed by atoms with Gasteiger partial charge in [-0.25, -0.2) is 0 Å². The van der Waals surface area contributed by atoms with Crippen molar-refractivity contribution in [2.45, 2.75) is 25.9 Å². The van der Waals surface area contributed by atoms with E-state index in [1.54, 1.807) is 18.5 Å². The number of hydrogen-bond acceptors (Lipinski definition) is 3. The van der Waals surface area contributed by atoms with Crippen molar-refractivity contribution in [2.75, 3.05) is 11.9 Å². The number of nitrogens with one attached hydrogen (secondary N) is 1. The van der Waals surface area contributed by atoms with Crippen LogP contribution < -0.4 is 5.32 Å². The van der Waals surface area contributed by atoms with Crippen LogP contribution in [0.5, 0.6) is 0 Å². The Bertz CT molecular complexity index is 353. The van der Waals surface area contributed by atoms with Crippen LogP contribution in [0.2, 0.25) is 0 Å². The molecule has 1 amide bonds. The summed E-state index contributed by atoms with van der Waals surface area (Å²) in [5.41, 5.74) is 0.741. The molecule has 0 radical (unpaired) electrons. The predicted molar refractivity (Wildman–Crippen MR) is 61.0 cm³/mol. The van der Waals surface area contributed by atoms with E-state index in [4.69, 9.17) is 4.74 Å². The van der Waals surface area contributed by atoms with Gasteiger partial charge in [0.15, 0.2) is 0 Å². The summed E-state index contributed by atoms with van der Waals surface area (Å²) in [5.74, 6) is -0.0193. The molecule has 1 aromatic heterocycles. The number of anilines is 1. The van der Waals surface area contributed by atoms with Gasteiger partial charge in [0.25, 0.3) is 0 Å². The second-order valence-corrected chi connectivity index (χ2v) is 4.06. The van der Waals surface area contributed by atoms with E-state index in [-0.39, 0.29) is 17.9 Å². The van der Waals surface area contributed by atoms with Crippen LogP contribution in [0.4, 0.5) is 5.69 Å². The molecule has 4 heteroatoms. The van der Waals surface area contributed by atoms with Gasteiger partial charge in [-0.2, -0.15) is 0 Å². The van der Waals surface area contributed by atoms with Crippen LogP contribution in [-0.2, 0) is 9.53 Å². The van der Waals surface area contributed by atoms with Gasteiger partial charge in [-0.1, -0.05) is 0 Å². The van der Waals surface area contributed by atoms with Crippen LogP contribution >= 0.6 is 0 Å². The van der Waals surface area contributed by atoms with Crippen LogP contribution in [0.25, 0.3) is 0 Å². The SMILES string of the molecule is C[C@@H]1OCCC[C@@H]1C(=O)Nc1cccnc1. The van der Waals surface area contributed by atoms with Crippen molar-refractivity contribution in [3.8, 4) is 0 Å². The average Bonchev–Trinajstić information content (AvgIpc) is 2.31. The van der Waals surface area contributed by atoms with Crippen molar-refractivity contribution >= 4 is 11.6 Å². The highest BCUT2D eigenvalue weighted by atomic mass is 16.5. The zero-order chi connectivity index (χ0) is 11.4. The van der Waals surface area contributed by atoms with Crippen LogP contribution in [0.3, 0.4) is 0 Å². The lowest BCUT2D eigenvalue weighted by molar-refractivity contribution is -0.127. The third-order valence-corrected chi connectivity index (χ3v) is 2.87. The molecule has 0 aliphatic carbocycles. The fourth-order valence-corrected chi connectivity index (χ4v) is 1.94. The summed E-state index contributed by atoms with van der Waals surface area (Å²) in [6, 6.07) is 3.63. The molecule has 0 spiro atoms. The van der Waals surface area contributed by atoms with Gasteiger partial charge in [-0.05, 0) is 31.9 Å². The normalized spacial score (nSPS) is 25.1. The minimum absolute atomic E-state index is 0.00502. The van der Waals surface area contributed by atoms with Crippen molar-refractivity contribution in [1.82, 2.24) is 4.98 Å². The van der Waals surface area contributed by atoms with E-state index in [1.165, 1.54) is 0 Å². The van der Waals surface area contributed by atoms with E-state index in [0.717, 1.165) is 25.1 Å². The van der Waals surface area contributed by atoms with Gasteiger partial charge >= 0.3 is 0 Å². The van der Waals surface area contributed by atoms with Crippen molar-refractivity contribution < 1.29 is 9.53 Å². The Morgan fingerprint density at radius 1 is 1.62 bits per heavy atom. The van der Waals surface area contributed by atoms with Gasteiger partial charge in [-0.3, -0.25) is 9.78 Å². The van der Waals surface area contributed by atoms with Crippen molar-refractivity contribution in [3.63, 3.8) is 0 Å². The molecule has 0 bridgehead atoms. The van der Waals surface area contributed by atoms with E-state index < -0.39 is 0 Å². The Balaban J connectivity index is 1.97. The molecular weight excluding hydrogens is 204 g/mol. The Kier molecular flexibility index (Phi) is 3.51. The first-order valence-corrected chi connectivity index (χ1v) is 5.60. The maximum atomic E-state index is 12.0. The van der Waals surface area contributed by atoms with Gasteiger partial charge in [0.2, 0.25) is 5.91 Å². The summed E-state index contributed by atoms with van der Waals surface area (Å²) in [7, 11) is 0. The fraction of sp³-hybridized carbons (Fsp3) is 0.500. The Morgan fingerprint density at radius 2 is 2.50 bits per heavy atom. The highest BCUT2D eigenvalue weighted by Crippen LogP contribution is 2.22. The molecule has 1 aromatic rings. The van der Waals surface area contributed by atoms with Gasteiger partial charge < -0.3 is 10.1 Å². The predicted octanol–water partition coefficient (Wildman–Crippen LogP) is 1.84. The molecule has 1 fully saturated rings.